The van der Waals surface area contributed by atoms with Gasteiger partial charge in [-0.05, 0) is 44.0 Å². The molecule has 2 aromatic heterocycles. The summed E-state index contributed by atoms with van der Waals surface area (Å²) in [6.45, 7) is 9.57. The first-order chi connectivity index (χ1) is 13.8. The Labute approximate surface area is 169 Å². The Balaban J connectivity index is 1.86. The lowest BCUT2D eigenvalue weighted by molar-refractivity contribution is 0.408. The molecule has 0 aliphatic heterocycles. The highest BCUT2D eigenvalue weighted by molar-refractivity contribution is 6.09. The van der Waals surface area contributed by atoms with Crippen molar-refractivity contribution in [1.29, 1.82) is 0 Å². The Hall–Kier alpha value is -3.74. The van der Waals surface area contributed by atoms with Gasteiger partial charge in [0.15, 0.2) is 5.82 Å². The number of allylic oxidation sites excluding steroid dienone is 1. The third kappa shape index (κ3) is 4.40. The Bertz CT molecular complexity index is 1060. The van der Waals surface area contributed by atoms with E-state index in [0.29, 0.717) is 11.7 Å². The van der Waals surface area contributed by atoms with E-state index < -0.39 is 5.41 Å². The van der Waals surface area contributed by atoms with Gasteiger partial charge < -0.3 is 16.0 Å². The molecule has 0 spiro atoms. The van der Waals surface area contributed by atoms with Crippen LogP contribution in [-0.4, -0.2) is 21.3 Å². The van der Waals surface area contributed by atoms with Crippen LogP contribution in [-0.2, 0) is 5.41 Å². The van der Waals surface area contributed by atoms with Crippen LogP contribution in [0.1, 0.15) is 36.5 Å². The van der Waals surface area contributed by atoms with Gasteiger partial charge in [0.05, 0.1) is 11.0 Å². The second-order valence-electron chi connectivity index (χ2n) is 7.19. The molecule has 0 atom stereocenters. The highest BCUT2D eigenvalue weighted by Crippen LogP contribution is 2.31. The molecule has 0 amide bonds. The number of hydrogen-bond acceptors (Lipinski definition) is 7. The molecule has 29 heavy (non-hydrogen) atoms. The van der Waals surface area contributed by atoms with Crippen LogP contribution in [0, 0.1) is 6.92 Å². The van der Waals surface area contributed by atoms with E-state index in [0.717, 1.165) is 28.0 Å². The lowest BCUT2D eigenvalue weighted by Gasteiger charge is -2.21. The monoisotopic (exact) mass is 388 g/mol. The van der Waals surface area contributed by atoms with E-state index in [1.807, 2.05) is 57.2 Å². The van der Waals surface area contributed by atoms with E-state index in [-0.39, 0.29) is 5.82 Å². The van der Waals surface area contributed by atoms with Crippen LogP contribution >= 0.6 is 0 Å². The fourth-order valence-electron chi connectivity index (χ4n) is 2.76. The molecule has 0 saturated carbocycles. The van der Waals surface area contributed by atoms with Crippen molar-refractivity contribution in [2.24, 2.45) is 16.5 Å². The van der Waals surface area contributed by atoms with Gasteiger partial charge in [-0.15, -0.1) is 0 Å². The standard InChI is InChI=1S/C22H24N6O/c1-14-5-6-17(12-25-14)20-27-21(28-29-20)22(3,4)19-9-7-16(8-10-19)18(11-23)13-26-15(2)24/h5-13H,2,23-24H2,1,3-4H3/b18-11+,26-13?. The Morgan fingerprint density at radius 1 is 1.17 bits per heavy atom. The molecule has 3 rings (SSSR count). The normalized spacial score (nSPS) is 12.4. The number of aliphatic imine (C=N–C) groups is 1. The molecule has 0 aliphatic rings. The molecule has 7 heteroatoms. The van der Waals surface area contributed by atoms with E-state index in [1.165, 1.54) is 6.20 Å². The van der Waals surface area contributed by atoms with E-state index >= 15 is 0 Å². The summed E-state index contributed by atoms with van der Waals surface area (Å²) in [7, 11) is 0. The van der Waals surface area contributed by atoms with E-state index in [9.17, 15) is 0 Å². The molecule has 3 aromatic rings. The molecule has 148 valence electrons. The van der Waals surface area contributed by atoms with Crippen molar-refractivity contribution in [2.45, 2.75) is 26.2 Å². The maximum Gasteiger partial charge on any atom is 0.259 e. The van der Waals surface area contributed by atoms with Gasteiger partial charge in [0.1, 0.15) is 5.82 Å². The number of nitrogens with two attached hydrogens (primary N) is 2. The molecule has 0 saturated heterocycles. The Morgan fingerprint density at radius 2 is 1.90 bits per heavy atom. The van der Waals surface area contributed by atoms with E-state index in [4.69, 9.17) is 16.0 Å². The Morgan fingerprint density at radius 3 is 2.48 bits per heavy atom. The molecule has 0 fully saturated rings. The zero-order valence-electron chi connectivity index (χ0n) is 16.8. The van der Waals surface area contributed by atoms with Crippen molar-refractivity contribution in [3.8, 4) is 11.5 Å². The van der Waals surface area contributed by atoms with Crippen LogP contribution < -0.4 is 11.5 Å². The van der Waals surface area contributed by atoms with Crippen molar-refractivity contribution < 1.29 is 4.52 Å². The molecule has 4 N–H and O–H groups in total. The second kappa shape index (κ2) is 8.10. The summed E-state index contributed by atoms with van der Waals surface area (Å²) in [6, 6.07) is 11.8. The predicted octanol–water partition coefficient (Wildman–Crippen LogP) is 3.57. The van der Waals surface area contributed by atoms with E-state index in [1.54, 1.807) is 12.4 Å². The first-order valence-electron chi connectivity index (χ1n) is 9.09. The number of hydrogen-bond donors (Lipinski definition) is 2. The molecular weight excluding hydrogens is 364 g/mol. The minimum absolute atomic E-state index is 0.221. The van der Waals surface area contributed by atoms with Crippen molar-refractivity contribution in [3.63, 3.8) is 0 Å². The Kier molecular flexibility index (Phi) is 5.59. The molecule has 0 aliphatic carbocycles. The lowest BCUT2D eigenvalue weighted by atomic mass is 9.83. The summed E-state index contributed by atoms with van der Waals surface area (Å²) in [6.07, 6.45) is 4.80. The molecule has 0 unspecified atom stereocenters. The molecule has 7 nitrogen and oxygen atoms in total. The largest absolute Gasteiger partial charge is 0.404 e. The van der Waals surface area contributed by atoms with E-state index in [2.05, 4.69) is 26.7 Å². The molecule has 2 heterocycles. The summed E-state index contributed by atoms with van der Waals surface area (Å²) in [5.74, 6) is 1.26. The molecule has 0 bridgehead atoms. The van der Waals surface area contributed by atoms with Gasteiger partial charge in [-0.1, -0.05) is 36.0 Å². The molecule has 1 aromatic carbocycles. The minimum atomic E-state index is -0.454. The van der Waals surface area contributed by atoms with Gasteiger partial charge in [0.2, 0.25) is 0 Å². The van der Waals surface area contributed by atoms with Crippen molar-refractivity contribution >= 4 is 11.8 Å². The van der Waals surface area contributed by atoms with Crippen LogP contribution in [0.15, 0.2) is 70.7 Å². The number of aryl methyl sites for hydroxylation is 1. The average molecular weight is 388 g/mol. The number of pyridine rings is 1. The maximum atomic E-state index is 5.71. The number of nitrogens with zero attached hydrogens (tertiary/aromatic N) is 4. The van der Waals surface area contributed by atoms with Gasteiger partial charge in [0, 0.05) is 29.9 Å². The van der Waals surface area contributed by atoms with Crippen LogP contribution in [0.2, 0.25) is 0 Å². The number of aromatic nitrogens is 3. The smallest absolute Gasteiger partial charge is 0.259 e. The topological polar surface area (TPSA) is 116 Å². The van der Waals surface area contributed by atoms with Crippen LogP contribution in [0.3, 0.4) is 0 Å². The van der Waals surface area contributed by atoms with Gasteiger partial charge >= 0.3 is 0 Å². The van der Waals surface area contributed by atoms with Crippen LogP contribution in [0.25, 0.3) is 17.0 Å². The lowest BCUT2D eigenvalue weighted by Crippen LogP contribution is -2.20. The fourth-order valence-corrected chi connectivity index (χ4v) is 2.76. The highest BCUT2D eigenvalue weighted by Gasteiger charge is 2.29. The molecule has 0 radical (unpaired) electrons. The second-order valence-corrected chi connectivity index (χ2v) is 7.19. The minimum Gasteiger partial charge on any atom is -0.404 e. The fraction of sp³-hybridized carbons (Fsp3) is 0.182. The third-order valence-corrected chi connectivity index (χ3v) is 4.63. The zero-order chi connectivity index (χ0) is 21.0. The first kappa shape index (κ1) is 20.0. The van der Waals surface area contributed by atoms with Gasteiger partial charge in [-0.25, -0.2) is 4.99 Å². The average Bonchev–Trinajstić information content (AvgIpc) is 3.20. The van der Waals surface area contributed by atoms with Crippen LogP contribution in [0.4, 0.5) is 0 Å². The summed E-state index contributed by atoms with van der Waals surface area (Å²) in [4.78, 5) is 12.9. The van der Waals surface area contributed by atoms with Crippen molar-refractivity contribution in [3.05, 3.63) is 83.8 Å². The van der Waals surface area contributed by atoms with Crippen LogP contribution in [0.5, 0.6) is 0 Å². The quantitative estimate of drug-likeness (QED) is 0.624. The zero-order valence-corrected chi connectivity index (χ0v) is 16.8. The van der Waals surface area contributed by atoms with Gasteiger partial charge in [-0.3, -0.25) is 4.98 Å². The highest BCUT2D eigenvalue weighted by atomic mass is 16.5. The van der Waals surface area contributed by atoms with Crippen molar-refractivity contribution in [1.82, 2.24) is 15.1 Å². The summed E-state index contributed by atoms with van der Waals surface area (Å²) in [5.41, 5.74) is 15.2. The van der Waals surface area contributed by atoms with Crippen molar-refractivity contribution in [2.75, 3.05) is 0 Å². The predicted molar refractivity (Wildman–Crippen MR) is 115 cm³/mol. The summed E-state index contributed by atoms with van der Waals surface area (Å²) >= 11 is 0. The summed E-state index contributed by atoms with van der Waals surface area (Å²) < 4.78 is 5.47. The van der Waals surface area contributed by atoms with Gasteiger partial charge in [0.25, 0.3) is 5.89 Å². The summed E-state index contributed by atoms with van der Waals surface area (Å²) in [5, 5.41) is 4.20. The van der Waals surface area contributed by atoms with Gasteiger partial charge in [-0.2, -0.15) is 4.98 Å². The number of rotatable bonds is 6. The third-order valence-electron chi connectivity index (χ3n) is 4.63. The SMILES string of the molecule is C=C(N)N=C/C(=C\N)c1ccc(C(C)(C)c2noc(-c3ccc(C)nc3)n2)cc1. The number of benzene rings is 1. The first-order valence-corrected chi connectivity index (χ1v) is 9.09. The maximum absolute atomic E-state index is 5.71. The molecular formula is C22H24N6O.